The lowest BCUT2D eigenvalue weighted by atomic mass is 10.3. The minimum atomic E-state index is -3.69. The van der Waals surface area contributed by atoms with Crippen LogP contribution in [0.4, 0.5) is 0 Å². The lowest BCUT2D eigenvalue weighted by Crippen LogP contribution is -2.28. The number of nitrogens with zero attached hydrogens (tertiary/aromatic N) is 2. The van der Waals surface area contributed by atoms with Crippen LogP contribution in [0.2, 0.25) is 5.02 Å². The molecule has 124 valence electrons. The zero-order valence-electron chi connectivity index (χ0n) is 12.7. The van der Waals surface area contributed by atoms with E-state index in [2.05, 4.69) is 9.71 Å². The van der Waals surface area contributed by atoms with E-state index in [-0.39, 0.29) is 17.2 Å². The smallest absolute Gasteiger partial charge is 0.244 e. The van der Waals surface area contributed by atoms with E-state index in [9.17, 15) is 8.42 Å². The Hall–Kier alpha value is -1.57. The quantitative estimate of drug-likeness (QED) is 0.827. The Balaban J connectivity index is 1.69. The molecule has 2 aromatic rings. The van der Waals surface area contributed by atoms with Gasteiger partial charge in [-0.05, 0) is 31.0 Å². The summed E-state index contributed by atoms with van der Waals surface area (Å²) in [6, 6.07) is 4.51. The number of aromatic nitrogens is 2. The van der Waals surface area contributed by atoms with Crippen LogP contribution in [0, 0.1) is 0 Å². The number of hydrogen-bond donors (Lipinski definition) is 1. The van der Waals surface area contributed by atoms with Crippen molar-refractivity contribution >= 4 is 21.6 Å². The van der Waals surface area contributed by atoms with Gasteiger partial charge in [0.1, 0.15) is 16.5 Å². The lowest BCUT2D eigenvalue weighted by Gasteiger charge is -2.12. The summed E-state index contributed by atoms with van der Waals surface area (Å²) in [7, 11) is -2.26. The summed E-state index contributed by atoms with van der Waals surface area (Å²) in [6.45, 7) is 0.808. The third-order valence-corrected chi connectivity index (χ3v) is 5.47. The fourth-order valence-electron chi connectivity index (χ4n) is 2.45. The van der Waals surface area contributed by atoms with Gasteiger partial charge in [0, 0.05) is 36.4 Å². The number of halogens is 1. The lowest BCUT2D eigenvalue weighted by molar-refractivity contribution is 0.402. The zero-order valence-corrected chi connectivity index (χ0v) is 14.3. The minimum absolute atomic E-state index is 0.0422. The van der Waals surface area contributed by atoms with Crippen LogP contribution in [0.1, 0.15) is 24.6 Å². The second kappa shape index (κ2) is 6.51. The molecular weight excluding hydrogens is 338 g/mol. The second-order valence-electron chi connectivity index (χ2n) is 5.45. The Morgan fingerprint density at radius 2 is 2.22 bits per heavy atom. The minimum Gasteiger partial charge on any atom is -0.495 e. The van der Waals surface area contributed by atoms with Gasteiger partial charge in [-0.3, -0.25) is 0 Å². The van der Waals surface area contributed by atoms with Gasteiger partial charge in [0.15, 0.2) is 0 Å². The molecular formula is C15H18ClN3O3S. The molecule has 1 fully saturated rings. The van der Waals surface area contributed by atoms with Gasteiger partial charge in [-0.1, -0.05) is 11.6 Å². The third kappa shape index (κ3) is 3.68. The number of hydrogen-bond acceptors (Lipinski definition) is 4. The maximum absolute atomic E-state index is 12.4. The molecule has 3 rings (SSSR count). The molecule has 1 aromatic heterocycles. The first kappa shape index (κ1) is 16.3. The molecule has 1 aliphatic carbocycles. The zero-order chi connectivity index (χ0) is 16.4. The molecule has 0 atom stereocenters. The Labute approximate surface area is 140 Å². The van der Waals surface area contributed by atoms with E-state index in [1.54, 1.807) is 12.3 Å². The Morgan fingerprint density at radius 3 is 2.91 bits per heavy atom. The van der Waals surface area contributed by atoms with Gasteiger partial charge in [0.2, 0.25) is 10.0 Å². The summed E-state index contributed by atoms with van der Waals surface area (Å²) in [5.74, 6) is 1.82. The molecule has 1 heterocycles. The first-order chi connectivity index (χ1) is 11.0. The van der Waals surface area contributed by atoms with E-state index in [1.165, 1.54) is 19.2 Å². The maximum Gasteiger partial charge on any atom is 0.244 e. The van der Waals surface area contributed by atoms with Crippen molar-refractivity contribution in [3.63, 3.8) is 0 Å². The summed E-state index contributed by atoms with van der Waals surface area (Å²) in [5, 5.41) is 0.344. The topological polar surface area (TPSA) is 73.2 Å². The summed E-state index contributed by atoms with van der Waals surface area (Å²) in [5.41, 5.74) is 0. The van der Waals surface area contributed by atoms with Crippen molar-refractivity contribution in [2.24, 2.45) is 0 Å². The highest BCUT2D eigenvalue weighted by Crippen LogP contribution is 2.38. The maximum atomic E-state index is 12.4. The molecule has 1 aromatic carbocycles. The van der Waals surface area contributed by atoms with Crippen molar-refractivity contribution in [1.82, 2.24) is 14.3 Å². The highest BCUT2D eigenvalue weighted by molar-refractivity contribution is 7.89. The first-order valence-electron chi connectivity index (χ1n) is 7.35. The van der Waals surface area contributed by atoms with Crippen molar-refractivity contribution in [1.29, 1.82) is 0 Å². The summed E-state index contributed by atoms with van der Waals surface area (Å²) in [6.07, 6.45) is 5.94. The van der Waals surface area contributed by atoms with Gasteiger partial charge in [0.05, 0.1) is 7.11 Å². The van der Waals surface area contributed by atoms with Gasteiger partial charge in [-0.2, -0.15) is 0 Å². The third-order valence-electron chi connectivity index (χ3n) is 3.75. The van der Waals surface area contributed by atoms with E-state index >= 15 is 0 Å². The number of rotatable bonds is 7. The van der Waals surface area contributed by atoms with Crippen LogP contribution >= 0.6 is 11.6 Å². The molecule has 0 saturated heterocycles. The van der Waals surface area contributed by atoms with E-state index in [1.807, 2.05) is 10.8 Å². The molecule has 0 spiro atoms. The SMILES string of the molecule is COc1ccc(Cl)cc1S(=O)(=O)NCCn1ccnc1C1CC1. The average molecular weight is 356 g/mol. The molecule has 0 aliphatic heterocycles. The first-order valence-corrected chi connectivity index (χ1v) is 9.21. The second-order valence-corrected chi connectivity index (χ2v) is 7.62. The van der Waals surface area contributed by atoms with Gasteiger partial charge in [-0.25, -0.2) is 18.1 Å². The van der Waals surface area contributed by atoms with Crippen molar-refractivity contribution in [2.45, 2.75) is 30.2 Å². The largest absolute Gasteiger partial charge is 0.495 e. The number of nitrogens with one attached hydrogen (secondary N) is 1. The van der Waals surface area contributed by atoms with Gasteiger partial charge in [0.25, 0.3) is 0 Å². The highest BCUT2D eigenvalue weighted by Gasteiger charge is 2.28. The van der Waals surface area contributed by atoms with Crippen molar-refractivity contribution in [3.05, 3.63) is 41.4 Å². The highest BCUT2D eigenvalue weighted by atomic mass is 35.5. The molecule has 0 radical (unpaired) electrons. The van der Waals surface area contributed by atoms with E-state index < -0.39 is 10.0 Å². The number of imidazole rings is 1. The van der Waals surface area contributed by atoms with Gasteiger partial charge < -0.3 is 9.30 Å². The van der Waals surface area contributed by atoms with Crippen molar-refractivity contribution < 1.29 is 13.2 Å². The predicted molar refractivity (Wildman–Crippen MR) is 87.4 cm³/mol. The van der Waals surface area contributed by atoms with E-state index in [0.717, 1.165) is 18.7 Å². The van der Waals surface area contributed by atoms with Crippen LogP contribution in [0.25, 0.3) is 0 Å². The standard InChI is InChI=1S/C15H18ClN3O3S/c1-22-13-5-4-12(16)10-14(13)23(20,21)18-7-9-19-8-6-17-15(19)11-2-3-11/h4-6,8,10-11,18H,2-3,7,9H2,1H3. The summed E-state index contributed by atoms with van der Waals surface area (Å²) in [4.78, 5) is 4.38. The fraction of sp³-hybridized carbons (Fsp3) is 0.400. The van der Waals surface area contributed by atoms with Crippen LogP contribution in [-0.4, -0.2) is 31.6 Å². The van der Waals surface area contributed by atoms with Crippen LogP contribution in [0.15, 0.2) is 35.5 Å². The number of sulfonamides is 1. The number of benzene rings is 1. The van der Waals surface area contributed by atoms with Crippen molar-refractivity contribution in [2.75, 3.05) is 13.7 Å². The molecule has 0 unspecified atom stereocenters. The monoisotopic (exact) mass is 355 g/mol. The summed E-state index contributed by atoms with van der Waals surface area (Å²) >= 11 is 5.90. The molecule has 1 aliphatic rings. The van der Waals surface area contributed by atoms with Gasteiger partial charge in [-0.15, -0.1) is 0 Å². The Kier molecular flexibility index (Phi) is 4.61. The van der Waals surface area contributed by atoms with Crippen LogP contribution in [0.5, 0.6) is 5.75 Å². The van der Waals surface area contributed by atoms with Crippen LogP contribution in [-0.2, 0) is 16.6 Å². The molecule has 6 nitrogen and oxygen atoms in total. The van der Waals surface area contributed by atoms with Crippen LogP contribution in [0.3, 0.4) is 0 Å². The summed E-state index contributed by atoms with van der Waals surface area (Å²) < 4.78 is 34.6. The number of ether oxygens (including phenoxy) is 1. The molecule has 23 heavy (non-hydrogen) atoms. The normalized spacial score (nSPS) is 14.9. The Bertz CT molecular complexity index is 800. The Morgan fingerprint density at radius 1 is 1.43 bits per heavy atom. The molecule has 1 saturated carbocycles. The fourth-order valence-corrected chi connectivity index (χ4v) is 3.90. The molecule has 1 N–H and O–H groups in total. The molecule has 0 amide bonds. The number of methoxy groups -OCH3 is 1. The molecule has 0 bridgehead atoms. The predicted octanol–water partition coefficient (Wildman–Crippen LogP) is 2.40. The average Bonchev–Trinajstić information content (AvgIpc) is 3.26. The van der Waals surface area contributed by atoms with E-state index in [0.29, 0.717) is 17.5 Å². The van der Waals surface area contributed by atoms with Gasteiger partial charge >= 0.3 is 0 Å². The molecule has 8 heteroatoms. The van der Waals surface area contributed by atoms with Crippen molar-refractivity contribution in [3.8, 4) is 5.75 Å². The van der Waals surface area contributed by atoms with E-state index in [4.69, 9.17) is 16.3 Å². The van der Waals surface area contributed by atoms with Crippen LogP contribution < -0.4 is 9.46 Å².